The van der Waals surface area contributed by atoms with E-state index in [1.807, 2.05) is 0 Å². The number of likely N-dealkylation sites (tertiary alicyclic amines) is 1. The highest BCUT2D eigenvalue weighted by Crippen LogP contribution is 2.15. The van der Waals surface area contributed by atoms with Crippen molar-refractivity contribution < 1.29 is 0 Å². The summed E-state index contributed by atoms with van der Waals surface area (Å²) in [6.07, 6.45) is 2.46. The Morgan fingerprint density at radius 1 is 1.07 bits per heavy atom. The van der Waals surface area contributed by atoms with Gasteiger partial charge in [0.25, 0.3) is 0 Å². The Morgan fingerprint density at radius 3 is 2.13 bits per heavy atom. The topological polar surface area (TPSA) is 27.1 Å². The van der Waals surface area contributed by atoms with Gasteiger partial charge in [0.2, 0.25) is 0 Å². The number of benzene rings is 1. The van der Waals surface area contributed by atoms with Gasteiger partial charge in [0.05, 0.1) is 0 Å². The number of hydrogen-bond acceptors (Lipinski definition) is 1. The molecule has 0 radical (unpaired) electrons. The van der Waals surface area contributed by atoms with Gasteiger partial charge < -0.3 is 4.90 Å². The zero-order valence-corrected chi connectivity index (χ0v) is 9.51. The minimum atomic E-state index is 0.694. The molecule has 80 valence electrons. The zero-order chi connectivity index (χ0) is 10.8. The number of aryl methyl sites for hydroxylation is 2. The molecule has 2 rings (SSSR count). The minimum absolute atomic E-state index is 0.694. The molecule has 1 aromatic rings. The van der Waals surface area contributed by atoms with Crippen LogP contribution in [0.5, 0.6) is 0 Å². The van der Waals surface area contributed by atoms with Gasteiger partial charge in [-0.2, -0.15) is 0 Å². The Hall–Kier alpha value is -1.31. The van der Waals surface area contributed by atoms with E-state index in [0.29, 0.717) is 5.84 Å². The van der Waals surface area contributed by atoms with Crippen molar-refractivity contribution in [2.75, 3.05) is 13.1 Å². The lowest BCUT2D eigenvalue weighted by atomic mass is 10.1. The van der Waals surface area contributed by atoms with Crippen LogP contribution in [0.15, 0.2) is 18.2 Å². The summed E-state index contributed by atoms with van der Waals surface area (Å²) in [5, 5.41) is 8.15. The van der Waals surface area contributed by atoms with E-state index in [2.05, 4.69) is 36.9 Å². The normalized spacial score (nSPS) is 15.7. The lowest BCUT2D eigenvalue weighted by molar-refractivity contribution is 0.517. The van der Waals surface area contributed by atoms with Gasteiger partial charge in [0.1, 0.15) is 5.84 Å². The van der Waals surface area contributed by atoms with Crippen molar-refractivity contribution >= 4 is 5.84 Å². The largest absolute Gasteiger partial charge is 0.357 e. The maximum Gasteiger partial charge on any atom is 0.128 e. The van der Waals surface area contributed by atoms with E-state index >= 15 is 0 Å². The van der Waals surface area contributed by atoms with E-state index in [-0.39, 0.29) is 0 Å². The summed E-state index contributed by atoms with van der Waals surface area (Å²) in [6, 6.07) is 6.36. The lowest BCUT2D eigenvalue weighted by Crippen LogP contribution is -2.27. The molecule has 1 saturated heterocycles. The second kappa shape index (κ2) is 4.05. The summed E-state index contributed by atoms with van der Waals surface area (Å²) in [6.45, 7) is 6.28. The molecule has 0 spiro atoms. The van der Waals surface area contributed by atoms with Gasteiger partial charge in [0.15, 0.2) is 0 Å². The van der Waals surface area contributed by atoms with Gasteiger partial charge in [-0.3, -0.25) is 5.41 Å². The molecule has 2 nitrogen and oxygen atoms in total. The molecule has 0 bridgehead atoms. The van der Waals surface area contributed by atoms with Crippen LogP contribution >= 0.6 is 0 Å². The summed E-state index contributed by atoms with van der Waals surface area (Å²) in [5.41, 5.74) is 3.55. The van der Waals surface area contributed by atoms with Crippen LogP contribution in [0, 0.1) is 19.3 Å². The Morgan fingerprint density at radius 2 is 1.60 bits per heavy atom. The third kappa shape index (κ3) is 2.20. The molecule has 1 aromatic carbocycles. The van der Waals surface area contributed by atoms with Crippen LogP contribution in [0.25, 0.3) is 0 Å². The van der Waals surface area contributed by atoms with Crippen LogP contribution in [-0.2, 0) is 0 Å². The van der Waals surface area contributed by atoms with Gasteiger partial charge in [0, 0.05) is 18.7 Å². The van der Waals surface area contributed by atoms with Crippen LogP contribution in [0.1, 0.15) is 29.5 Å². The van der Waals surface area contributed by atoms with Crippen molar-refractivity contribution in [3.8, 4) is 0 Å². The maximum atomic E-state index is 8.15. The molecule has 1 N–H and O–H groups in total. The highest BCUT2D eigenvalue weighted by molar-refractivity contribution is 5.96. The second-order valence-corrected chi connectivity index (χ2v) is 4.42. The smallest absolute Gasteiger partial charge is 0.128 e. The molecule has 0 saturated carbocycles. The van der Waals surface area contributed by atoms with Crippen LogP contribution in [-0.4, -0.2) is 23.8 Å². The Kier molecular flexibility index (Phi) is 2.76. The van der Waals surface area contributed by atoms with E-state index in [1.54, 1.807) is 0 Å². The fourth-order valence-electron chi connectivity index (χ4n) is 2.23. The first kappa shape index (κ1) is 10.2. The first-order valence-electron chi connectivity index (χ1n) is 5.59. The van der Waals surface area contributed by atoms with Crippen molar-refractivity contribution in [3.05, 3.63) is 34.9 Å². The first-order chi connectivity index (χ1) is 7.16. The number of nitrogens with one attached hydrogen (secondary N) is 1. The van der Waals surface area contributed by atoms with Crippen LogP contribution < -0.4 is 0 Å². The Bertz CT molecular complexity index is 356. The third-order valence-corrected chi connectivity index (χ3v) is 2.92. The molecular weight excluding hydrogens is 184 g/mol. The number of nitrogens with zero attached hydrogens (tertiary/aromatic N) is 1. The lowest BCUT2D eigenvalue weighted by Gasteiger charge is -2.19. The molecule has 15 heavy (non-hydrogen) atoms. The summed E-state index contributed by atoms with van der Waals surface area (Å²) in [5.74, 6) is 0.694. The van der Waals surface area contributed by atoms with Crippen molar-refractivity contribution in [1.82, 2.24) is 4.90 Å². The molecular formula is C13H18N2. The minimum Gasteiger partial charge on any atom is -0.357 e. The molecule has 1 heterocycles. The first-order valence-corrected chi connectivity index (χ1v) is 5.59. The van der Waals surface area contributed by atoms with Gasteiger partial charge >= 0.3 is 0 Å². The van der Waals surface area contributed by atoms with Gasteiger partial charge in [-0.1, -0.05) is 17.2 Å². The fourth-order valence-corrected chi connectivity index (χ4v) is 2.23. The zero-order valence-electron chi connectivity index (χ0n) is 9.51. The summed E-state index contributed by atoms with van der Waals surface area (Å²) >= 11 is 0. The third-order valence-electron chi connectivity index (χ3n) is 2.92. The van der Waals surface area contributed by atoms with Gasteiger partial charge in [-0.05, 0) is 38.8 Å². The number of hydrogen-bond donors (Lipinski definition) is 1. The molecule has 0 amide bonds. The van der Waals surface area contributed by atoms with E-state index in [0.717, 1.165) is 18.7 Å². The molecule has 0 atom stereocenters. The molecule has 1 aliphatic rings. The average molecular weight is 202 g/mol. The van der Waals surface area contributed by atoms with Crippen molar-refractivity contribution in [1.29, 1.82) is 5.41 Å². The maximum absolute atomic E-state index is 8.15. The van der Waals surface area contributed by atoms with Gasteiger partial charge in [-0.25, -0.2) is 0 Å². The summed E-state index contributed by atoms with van der Waals surface area (Å²) in [7, 11) is 0. The predicted octanol–water partition coefficient (Wildman–Crippen LogP) is 2.72. The van der Waals surface area contributed by atoms with Crippen molar-refractivity contribution in [2.24, 2.45) is 0 Å². The van der Waals surface area contributed by atoms with E-state index in [4.69, 9.17) is 5.41 Å². The highest BCUT2D eigenvalue weighted by atomic mass is 15.2. The average Bonchev–Trinajstić information content (AvgIpc) is 2.67. The molecule has 0 aromatic heterocycles. The van der Waals surface area contributed by atoms with Crippen LogP contribution in [0.2, 0.25) is 0 Å². The number of rotatable bonds is 1. The Labute approximate surface area is 91.4 Å². The fraction of sp³-hybridized carbons (Fsp3) is 0.462. The van der Waals surface area contributed by atoms with E-state index in [1.165, 1.54) is 24.0 Å². The number of amidine groups is 1. The molecule has 1 aliphatic heterocycles. The van der Waals surface area contributed by atoms with Crippen molar-refractivity contribution in [2.45, 2.75) is 26.7 Å². The van der Waals surface area contributed by atoms with Crippen LogP contribution in [0.3, 0.4) is 0 Å². The molecule has 1 fully saturated rings. The van der Waals surface area contributed by atoms with E-state index in [9.17, 15) is 0 Å². The second-order valence-electron chi connectivity index (χ2n) is 4.42. The quantitative estimate of drug-likeness (QED) is 0.550. The highest BCUT2D eigenvalue weighted by Gasteiger charge is 2.16. The Balaban J connectivity index is 2.24. The standard InChI is InChI=1S/C13H18N2/c1-10-7-11(2)9-12(8-10)13(14)15-5-3-4-6-15/h7-9,14H,3-6H2,1-2H3. The molecule has 0 aliphatic carbocycles. The van der Waals surface area contributed by atoms with E-state index < -0.39 is 0 Å². The molecule has 0 unspecified atom stereocenters. The van der Waals surface area contributed by atoms with Crippen LogP contribution in [0.4, 0.5) is 0 Å². The molecule has 2 heteroatoms. The monoisotopic (exact) mass is 202 g/mol. The predicted molar refractivity (Wildman–Crippen MR) is 63.6 cm³/mol. The summed E-state index contributed by atoms with van der Waals surface area (Å²) in [4.78, 5) is 2.17. The summed E-state index contributed by atoms with van der Waals surface area (Å²) < 4.78 is 0. The SMILES string of the molecule is Cc1cc(C)cc(C(=N)N2CCCC2)c1. The van der Waals surface area contributed by atoms with Gasteiger partial charge in [-0.15, -0.1) is 0 Å². The van der Waals surface area contributed by atoms with Crippen molar-refractivity contribution in [3.63, 3.8) is 0 Å².